The third-order valence-electron chi connectivity index (χ3n) is 2.73. The molecule has 0 fully saturated rings. The monoisotopic (exact) mass is 261 g/mol. The van der Waals surface area contributed by atoms with Gasteiger partial charge in [0, 0.05) is 17.0 Å². The van der Waals surface area contributed by atoms with Crippen LogP contribution in [0.25, 0.3) is 10.9 Å². The van der Waals surface area contributed by atoms with Crippen LogP contribution < -0.4 is 5.32 Å². The van der Waals surface area contributed by atoms with E-state index >= 15 is 0 Å². The van der Waals surface area contributed by atoms with Gasteiger partial charge in [-0.05, 0) is 12.1 Å². The number of nitrogens with zero attached hydrogens (tertiary/aromatic N) is 2. The van der Waals surface area contributed by atoms with Gasteiger partial charge in [0.25, 0.3) is 0 Å². The van der Waals surface area contributed by atoms with Crippen molar-refractivity contribution >= 4 is 26.7 Å². The Morgan fingerprint density at radius 2 is 2.11 bits per heavy atom. The molecule has 1 aliphatic heterocycles. The van der Waals surface area contributed by atoms with Crippen molar-refractivity contribution in [2.24, 2.45) is 0 Å². The fourth-order valence-corrected chi connectivity index (χ4v) is 3.11. The van der Waals surface area contributed by atoms with Crippen LogP contribution in [0, 0.1) is 0 Å². The normalized spacial score (nSPS) is 21.2. The highest BCUT2D eigenvalue weighted by molar-refractivity contribution is 7.94. The molecule has 1 aromatic heterocycles. The second-order valence-corrected chi connectivity index (χ2v) is 6.09. The Morgan fingerprint density at radius 1 is 1.28 bits per heavy atom. The third-order valence-corrected chi connectivity index (χ3v) is 4.13. The number of hydrogen-bond donors (Lipinski definition) is 1. The van der Waals surface area contributed by atoms with Crippen LogP contribution in [0.3, 0.4) is 0 Å². The molecule has 0 saturated heterocycles. The summed E-state index contributed by atoms with van der Waals surface area (Å²) in [6.45, 7) is 0. The number of anilines is 1. The van der Waals surface area contributed by atoms with Crippen LogP contribution in [0.4, 0.5) is 5.95 Å². The highest BCUT2D eigenvalue weighted by atomic mass is 32.2. The van der Waals surface area contributed by atoms with Gasteiger partial charge in [0.2, 0.25) is 5.95 Å². The quantitative estimate of drug-likeness (QED) is 0.883. The summed E-state index contributed by atoms with van der Waals surface area (Å²) in [6.07, 6.45) is 3.34. The van der Waals surface area contributed by atoms with Gasteiger partial charge in [-0.3, -0.25) is 0 Å². The highest BCUT2D eigenvalue weighted by Crippen LogP contribution is 2.15. The smallest absolute Gasteiger partial charge is 0.223 e. The Bertz CT molecular complexity index is 725. The Kier molecular flexibility index (Phi) is 2.52. The number of sulfone groups is 1. The molecule has 3 rings (SSSR count). The van der Waals surface area contributed by atoms with E-state index in [1.54, 1.807) is 12.3 Å². The molecule has 1 atom stereocenters. The van der Waals surface area contributed by atoms with Gasteiger partial charge in [0.05, 0.1) is 17.3 Å². The second-order valence-electron chi connectivity index (χ2n) is 4.16. The molecule has 92 valence electrons. The van der Waals surface area contributed by atoms with Crippen LogP contribution in [0.2, 0.25) is 0 Å². The summed E-state index contributed by atoms with van der Waals surface area (Å²) in [4.78, 5) is 8.50. The summed E-state index contributed by atoms with van der Waals surface area (Å²) >= 11 is 0. The number of fused-ring (bicyclic) bond motifs is 1. The minimum Gasteiger partial charge on any atom is -0.347 e. The van der Waals surface area contributed by atoms with Gasteiger partial charge >= 0.3 is 0 Å². The molecular weight excluding hydrogens is 250 g/mol. The van der Waals surface area contributed by atoms with Crippen LogP contribution in [0.15, 0.2) is 41.9 Å². The van der Waals surface area contributed by atoms with Gasteiger partial charge in [-0.1, -0.05) is 18.2 Å². The minimum atomic E-state index is -3.06. The van der Waals surface area contributed by atoms with E-state index in [4.69, 9.17) is 0 Å². The largest absolute Gasteiger partial charge is 0.347 e. The fourth-order valence-electron chi connectivity index (χ4n) is 1.87. The third kappa shape index (κ3) is 2.19. The molecule has 0 saturated carbocycles. The molecule has 1 unspecified atom stereocenters. The van der Waals surface area contributed by atoms with Gasteiger partial charge in [-0.15, -0.1) is 0 Å². The van der Waals surface area contributed by atoms with E-state index in [0.29, 0.717) is 5.95 Å². The van der Waals surface area contributed by atoms with Crippen LogP contribution in [0.1, 0.15) is 0 Å². The molecular formula is C12H11N3O2S. The van der Waals surface area contributed by atoms with Crippen molar-refractivity contribution in [1.29, 1.82) is 0 Å². The van der Waals surface area contributed by atoms with Crippen LogP contribution >= 0.6 is 0 Å². The van der Waals surface area contributed by atoms with E-state index in [1.807, 2.05) is 24.3 Å². The fraction of sp³-hybridized carbons (Fsp3) is 0.167. The predicted molar refractivity (Wildman–Crippen MR) is 69.9 cm³/mol. The molecule has 5 nitrogen and oxygen atoms in total. The maximum Gasteiger partial charge on any atom is 0.223 e. The molecule has 0 radical (unpaired) electrons. The molecule has 1 aliphatic rings. The molecule has 1 N–H and O–H groups in total. The average Bonchev–Trinajstić information content (AvgIpc) is 2.68. The van der Waals surface area contributed by atoms with Crippen LogP contribution in [-0.2, 0) is 9.84 Å². The summed E-state index contributed by atoms with van der Waals surface area (Å²) < 4.78 is 22.6. The van der Waals surface area contributed by atoms with Crippen molar-refractivity contribution in [1.82, 2.24) is 9.97 Å². The van der Waals surface area contributed by atoms with Gasteiger partial charge in [0.15, 0.2) is 9.84 Å². The van der Waals surface area contributed by atoms with Crippen LogP contribution in [0.5, 0.6) is 0 Å². The predicted octanol–water partition coefficient (Wildman–Crippen LogP) is 1.35. The van der Waals surface area contributed by atoms with Crippen molar-refractivity contribution in [2.45, 2.75) is 6.04 Å². The number of hydrogen-bond acceptors (Lipinski definition) is 5. The Morgan fingerprint density at radius 3 is 2.89 bits per heavy atom. The molecule has 18 heavy (non-hydrogen) atoms. The SMILES string of the molecule is O=S1(=O)C=CC(Nc2ncc3ccccc3n2)C1. The van der Waals surface area contributed by atoms with Gasteiger partial charge in [-0.2, -0.15) is 0 Å². The van der Waals surface area contributed by atoms with E-state index < -0.39 is 9.84 Å². The van der Waals surface area contributed by atoms with E-state index in [9.17, 15) is 8.42 Å². The van der Waals surface area contributed by atoms with Crippen molar-refractivity contribution < 1.29 is 8.42 Å². The first kappa shape index (κ1) is 11.2. The van der Waals surface area contributed by atoms with E-state index in [0.717, 1.165) is 10.9 Å². The van der Waals surface area contributed by atoms with E-state index in [-0.39, 0.29) is 11.8 Å². The van der Waals surface area contributed by atoms with E-state index in [1.165, 1.54) is 5.41 Å². The van der Waals surface area contributed by atoms with Gasteiger partial charge < -0.3 is 5.32 Å². The lowest BCUT2D eigenvalue weighted by Gasteiger charge is -2.09. The molecule has 1 aromatic carbocycles. The van der Waals surface area contributed by atoms with Crippen molar-refractivity contribution in [3.8, 4) is 0 Å². The number of rotatable bonds is 2. The molecule has 2 heterocycles. The first-order chi connectivity index (χ1) is 8.62. The molecule has 0 bridgehead atoms. The number of benzene rings is 1. The summed E-state index contributed by atoms with van der Waals surface area (Å²) in [5.41, 5.74) is 0.833. The van der Waals surface area contributed by atoms with Crippen molar-refractivity contribution in [2.75, 3.05) is 11.1 Å². The summed E-state index contributed by atoms with van der Waals surface area (Å²) in [7, 11) is -3.06. The zero-order valence-electron chi connectivity index (χ0n) is 9.45. The van der Waals surface area contributed by atoms with Crippen molar-refractivity contribution in [3.63, 3.8) is 0 Å². The van der Waals surface area contributed by atoms with Crippen LogP contribution in [-0.4, -0.2) is 30.2 Å². The zero-order valence-corrected chi connectivity index (χ0v) is 10.3. The lowest BCUT2D eigenvalue weighted by molar-refractivity contribution is 0.605. The Labute approximate surface area is 104 Å². The Hall–Kier alpha value is -1.95. The number of aromatic nitrogens is 2. The van der Waals surface area contributed by atoms with Gasteiger partial charge in [0.1, 0.15) is 0 Å². The first-order valence-electron chi connectivity index (χ1n) is 5.52. The first-order valence-corrected chi connectivity index (χ1v) is 7.23. The lowest BCUT2D eigenvalue weighted by atomic mass is 10.2. The lowest BCUT2D eigenvalue weighted by Crippen LogP contribution is -2.22. The Balaban J connectivity index is 1.86. The minimum absolute atomic E-state index is 0.0587. The average molecular weight is 261 g/mol. The second kappa shape index (κ2) is 4.06. The zero-order chi connectivity index (χ0) is 12.6. The number of nitrogens with one attached hydrogen (secondary N) is 1. The van der Waals surface area contributed by atoms with Crippen molar-refractivity contribution in [3.05, 3.63) is 41.9 Å². The summed E-state index contributed by atoms with van der Waals surface area (Å²) in [6, 6.07) is 7.39. The summed E-state index contributed by atoms with van der Waals surface area (Å²) in [5.74, 6) is 0.504. The summed E-state index contributed by atoms with van der Waals surface area (Å²) in [5, 5.41) is 5.18. The molecule has 0 amide bonds. The topological polar surface area (TPSA) is 72.0 Å². The van der Waals surface area contributed by atoms with Gasteiger partial charge in [-0.25, -0.2) is 18.4 Å². The molecule has 0 aliphatic carbocycles. The molecule has 6 heteroatoms. The highest BCUT2D eigenvalue weighted by Gasteiger charge is 2.21. The maximum atomic E-state index is 11.3. The number of para-hydroxylation sites is 1. The molecule has 0 spiro atoms. The van der Waals surface area contributed by atoms with E-state index in [2.05, 4.69) is 15.3 Å². The standard InChI is InChI=1S/C12H11N3O2S/c16-18(17)6-5-10(8-18)14-12-13-7-9-3-1-2-4-11(9)15-12/h1-7,10H,8H2,(H,13,14,15). The maximum absolute atomic E-state index is 11.3. The molecule has 2 aromatic rings.